The molecule has 0 aliphatic carbocycles. The summed E-state index contributed by atoms with van der Waals surface area (Å²) in [7, 11) is 1.59. The van der Waals surface area contributed by atoms with Gasteiger partial charge in [-0.1, -0.05) is 60.7 Å². The zero-order chi connectivity index (χ0) is 21.3. The molecule has 158 valence electrons. The van der Waals surface area contributed by atoms with Gasteiger partial charge in [-0.25, -0.2) is 0 Å². The Balaban J connectivity index is 1.80. The predicted molar refractivity (Wildman–Crippen MR) is 119 cm³/mol. The van der Waals surface area contributed by atoms with Crippen molar-refractivity contribution in [3.05, 3.63) is 72.8 Å². The molecule has 1 aliphatic heterocycles. The van der Waals surface area contributed by atoms with Crippen molar-refractivity contribution in [1.29, 1.82) is 0 Å². The highest BCUT2D eigenvalue weighted by molar-refractivity contribution is 5.82. The van der Waals surface area contributed by atoms with Crippen molar-refractivity contribution in [3.63, 3.8) is 0 Å². The summed E-state index contributed by atoms with van der Waals surface area (Å²) < 4.78 is 5.05. The minimum atomic E-state index is -0.273. The van der Waals surface area contributed by atoms with E-state index in [4.69, 9.17) is 4.74 Å². The van der Waals surface area contributed by atoms with E-state index in [0.717, 1.165) is 16.7 Å². The quantitative estimate of drug-likeness (QED) is 0.632. The van der Waals surface area contributed by atoms with Gasteiger partial charge in [0, 0.05) is 33.3 Å². The van der Waals surface area contributed by atoms with Crippen molar-refractivity contribution in [2.75, 3.05) is 39.9 Å². The standard InChI is InChI=1S/C25H30N2O3/c1-3-13-26-14-15-27(24(28)12-16-30-2)19-23(25(26)29)18-20-8-7-11-22(17-20)21-9-5-4-6-10-21/h3-11,17,23H,1,12-16,18-19H2,2H3. The molecule has 1 fully saturated rings. The van der Waals surface area contributed by atoms with E-state index in [0.29, 0.717) is 45.6 Å². The summed E-state index contributed by atoms with van der Waals surface area (Å²) in [6.45, 7) is 6.18. The summed E-state index contributed by atoms with van der Waals surface area (Å²) in [6, 6.07) is 18.5. The molecule has 5 heteroatoms. The normalized spacial score (nSPS) is 17.0. The molecular formula is C25H30N2O3. The zero-order valence-electron chi connectivity index (χ0n) is 17.6. The van der Waals surface area contributed by atoms with Gasteiger partial charge in [-0.05, 0) is 23.1 Å². The maximum absolute atomic E-state index is 13.2. The monoisotopic (exact) mass is 406 g/mol. The fraction of sp³-hybridized carbons (Fsp3) is 0.360. The highest BCUT2D eigenvalue weighted by atomic mass is 16.5. The van der Waals surface area contributed by atoms with Crippen LogP contribution in [0, 0.1) is 5.92 Å². The number of hydrogen-bond donors (Lipinski definition) is 0. The Morgan fingerprint density at radius 3 is 2.63 bits per heavy atom. The molecule has 0 aromatic heterocycles. The van der Waals surface area contributed by atoms with Gasteiger partial charge in [-0.3, -0.25) is 9.59 Å². The molecule has 1 saturated heterocycles. The number of rotatable bonds is 8. The highest BCUT2D eigenvalue weighted by Gasteiger charge is 2.31. The van der Waals surface area contributed by atoms with Crippen LogP contribution in [-0.2, 0) is 20.7 Å². The molecular weight excluding hydrogens is 376 g/mol. The Morgan fingerprint density at radius 2 is 1.90 bits per heavy atom. The number of hydrogen-bond acceptors (Lipinski definition) is 3. The molecule has 1 atom stereocenters. The SMILES string of the molecule is C=CCN1CCN(C(=O)CCOC)CC(Cc2cccc(-c3ccccc3)c2)C1=O. The lowest BCUT2D eigenvalue weighted by Gasteiger charge is -2.24. The van der Waals surface area contributed by atoms with E-state index in [2.05, 4.69) is 36.9 Å². The average Bonchev–Trinajstić information content (AvgIpc) is 2.93. The van der Waals surface area contributed by atoms with Crippen LogP contribution in [0.4, 0.5) is 0 Å². The molecule has 0 N–H and O–H groups in total. The molecule has 1 aliphatic rings. The largest absolute Gasteiger partial charge is 0.384 e. The van der Waals surface area contributed by atoms with E-state index in [9.17, 15) is 9.59 Å². The second-order valence-corrected chi connectivity index (χ2v) is 7.62. The van der Waals surface area contributed by atoms with Gasteiger partial charge < -0.3 is 14.5 Å². The first-order valence-electron chi connectivity index (χ1n) is 10.4. The first-order chi connectivity index (χ1) is 14.6. The van der Waals surface area contributed by atoms with E-state index in [1.807, 2.05) is 34.1 Å². The molecule has 0 radical (unpaired) electrons. The Kier molecular flexibility index (Phi) is 7.80. The van der Waals surface area contributed by atoms with Crippen LogP contribution in [-0.4, -0.2) is 61.5 Å². The molecule has 1 unspecified atom stereocenters. The number of benzene rings is 2. The maximum Gasteiger partial charge on any atom is 0.228 e. The Hall–Kier alpha value is -2.92. The van der Waals surface area contributed by atoms with E-state index in [1.54, 1.807) is 13.2 Å². The summed E-state index contributed by atoms with van der Waals surface area (Å²) in [5.74, 6) is -0.153. The van der Waals surface area contributed by atoms with Crippen molar-refractivity contribution >= 4 is 11.8 Å². The number of methoxy groups -OCH3 is 1. The highest BCUT2D eigenvalue weighted by Crippen LogP contribution is 2.23. The van der Waals surface area contributed by atoms with Crippen LogP contribution in [0.3, 0.4) is 0 Å². The summed E-state index contributed by atoms with van der Waals surface area (Å²) in [4.78, 5) is 29.4. The lowest BCUT2D eigenvalue weighted by molar-refractivity contribution is -0.134. The molecule has 0 spiro atoms. The molecule has 2 aromatic carbocycles. The second-order valence-electron chi connectivity index (χ2n) is 7.62. The third-order valence-electron chi connectivity index (χ3n) is 5.48. The van der Waals surface area contributed by atoms with Crippen LogP contribution in [0.25, 0.3) is 11.1 Å². The van der Waals surface area contributed by atoms with Crippen LogP contribution < -0.4 is 0 Å². The number of carbonyl (C=O) groups excluding carboxylic acids is 2. The first kappa shape index (κ1) is 21.8. The van der Waals surface area contributed by atoms with E-state index in [1.165, 1.54) is 0 Å². The number of carbonyl (C=O) groups is 2. The van der Waals surface area contributed by atoms with Crippen molar-refractivity contribution in [3.8, 4) is 11.1 Å². The van der Waals surface area contributed by atoms with Crippen LogP contribution >= 0.6 is 0 Å². The average molecular weight is 407 g/mol. The van der Waals surface area contributed by atoms with Crippen molar-refractivity contribution in [2.24, 2.45) is 5.92 Å². The van der Waals surface area contributed by atoms with Crippen LogP contribution in [0.5, 0.6) is 0 Å². The molecule has 0 bridgehead atoms. The minimum absolute atomic E-state index is 0.0353. The van der Waals surface area contributed by atoms with E-state index in [-0.39, 0.29) is 17.7 Å². The van der Waals surface area contributed by atoms with E-state index < -0.39 is 0 Å². The van der Waals surface area contributed by atoms with Gasteiger partial charge in [-0.2, -0.15) is 0 Å². The Morgan fingerprint density at radius 1 is 1.13 bits per heavy atom. The summed E-state index contributed by atoms with van der Waals surface area (Å²) in [6.07, 6.45) is 2.68. The van der Waals surface area contributed by atoms with Gasteiger partial charge in [0.15, 0.2) is 0 Å². The van der Waals surface area contributed by atoms with Gasteiger partial charge in [0.05, 0.1) is 18.9 Å². The molecule has 2 amide bonds. The number of ether oxygens (including phenoxy) is 1. The zero-order valence-corrected chi connectivity index (χ0v) is 17.6. The topological polar surface area (TPSA) is 49.9 Å². The van der Waals surface area contributed by atoms with E-state index >= 15 is 0 Å². The van der Waals surface area contributed by atoms with Gasteiger partial charge in [0.1, 0.15) is 0 Å². The predicted octanol–water partition coefficient (Wildman–Crippen LogP) is 3.41. The van der Waals surface area contributed by atoms with Crippen LogP contribution in [0.1, 0.15) is 12.0 Å². The van der Waals surface area contributed by atoms with Crippen LogP contribution in [0.2, 0.25) is 0 Å². The van der Waals surface area contributed by atoms with Gasteiger partial charge in [-0.15, -0.1) is 6.58 Å². The maximum atomic E-state index is 13.2. The molecule has 2 aromatic rings. The smallest absolute Gasteiger partial charge is 0.228 e. The first-order valence-corrected chi connectivity index (χ1v) is 10.4. The Labute approximate surface area is 178 Å². The number of nitrogens with zero attached hydrogens (tertiary/aromatic N) is 2. The Bertz CT molecular complexity index is 866. The van der Waals surface area contributed by atoms with Crippen molar-refractivity contribution in [2.45, 2.75) is 12.8 Å². The minimum Gasteiger partial charge on any atom is -0.384 e. The van der Waals surface area contributed by atoms with Gasteiger partial charge in [0.2, 0.25) is 11.8 Å². The number of amides is 2. The lowest BCUT2D eigenvalue weighted by Crippen LogP contribution is -2.38. The van der Waals surface area contributed by atoms with Crippen molar-refractivity contribution in [1.82, 2.24) is 9.80 Å². The molecule has 1 heterocycles. The lowest BCUT2D eigenvalue weighted by atomic mass is 9.94. The van der Waals surface area contributed by atoms with Gasteiger partial charge >= 0.3 is 0 Å². The second kappa shape index (κ2) is 10.7. The fourth-order valence-electron chi connectivity index (χ4n) is 3.90. The molecule has 3 rings (SSSR count). The van der Waals surface area contributed by atoms with Crippen LogP contribution in [0.15, 0.2) is 67.3 Å². The summed E-state index contributed by atoms with van der Waals surface area (Å²) >= 11 is 0. The fourth-order valence-corrected chi connectivity index (χ4v) is 3.90. The third-order valence-corrected chi connectivity index (χ3v) is 5.48. The summed E-state index contributed by atoms with van der Waals surface area (Å²) in [5.41, 5.74) is 3.38. The molecule has 5 nitrogen and oxygen atoms in total. The molecule has 30 heavy (non-hydrogen) atoms. The summed E-state index contributed by atoms with van der Waals surface area (Å²) in [5, 5.41) is 0. The van der Waals surface area contributed by atoms with Gasteiger partial charge in [0.25, 0.3) is 0 Å². The van der Waals surface area contributed by atoms with Crippen molar-refractivity contribution < 1.29 is 14.3 Å². The third kappa shape index (κ3) is 5.57. The molecule has 0 saturated carbocycles.